The highest BCUT2D eigenvalue weighted by Crippen LogP contribution is 2.53. The third kappa shape index (κ3) is 10.4. The molecule has 3 unspecified atom stereocenters. The van der Waals surface area contributed by atoms with Gasteiger partial charge in [-0.3, -0.25) is 14.7 Å². The summed E-state index contributed by atoms with van der Waals surface area (Å²) in [6.45, 7) is 11.3. The minimum atomic E-state index is -4.61. The number of pyridine rings is 1. The number of hydrogen-bond donors (Lipinski definition) is 1. The summed E-state index contributed by atoms with van der Waals surface area (Å²) in [6.07, 6.45) is 0.117. The molecule has 0 bridgehead atoms. The number of likely N-dealkylation sites (tertiary alicyclic amines) is 2. The molecule has 3 aliphatic heterocycles. The fraction of sp³-hybridized carbons (Fsp3) is 0.588. The zero-order valence-electron chi connectivity index (χ0n) is 38.7. The lowest BCUT2D eigenvalue weighted by atomic mass is 9.68. The van der Waals surface area contributed by atoms with E-state index in [1.165, 1.54) is 12.1 Å². The van der Waals surface area contributed by atoms with Crippen LogP contribution in [0.5, 0.6) is 5.75 Å². The van der Waals surface area contributed by atoms with E-state index < -0.39 is 41.6 Å². The van der Waals surface area contributed by atoms with Crippen LogP contribution in [0.15, 0.2) is 65.4 Å². The average molecular weight is 924 g/mol. The van der Waals surface area contributed by atoms with E-state index in [-0.39, 0.29) is 61.1 Å². The Bertz CT molecular complexity index is 2240. The minimum absolute atomic E-state index is 0.0543. The number of benzene rings is 2. The summed E-state index contributed by atoms with van der Waals surface area (Å²) in [7, 11) is 1.60. The van der Waals surface area contributed by atoms with E-state index in [1.54, 1.807) is 7.11 Å². The first kappa shape index (κ1) is 47.8. The molecule has 15 heteroatoms. The Balaban J connectivity index is 1.13. The molecule has 2 saturated heterocycles. The Morgan fingerprint density at radius 1 is 0.894 bits per heavy atom. The van der Waals surface area contributed by atoms with Gasteiger partial charge in [0.25, 0.3) is 0 Å². The second kappa shape index (κ2) is 19.2. The van der Waals surface area contributed by atoms with Gasteiger partial charge in [0.2, 0.25) is 5.92 Å². The number of nitrogens with zero attached hydrogens (tertiary/aromatic N) is 4. The van der Waals surface area contributed by atoms with E-state index >= 15 is 4.39 Å². The molecule has 66 heavy (non-hydrogen) atoms. The Hall–Kier alpha value is -4.63. The van der Waals surface area contributed by atoms with E-state index in [2.05, 4.69) is 29.0 Å². The highest BCUT2D eigenvalue weighted by molar-refractivity contribution is 5.79. The minimum Gasteiger partial charge on any atom is -0.497 e. The van der Waals surface area contributed by atoms with Crippen LogP contribution in [0, 0.1) is 11.3 Å². The van der Waals surface area contributed by atoms with Gasteiger partial charge in [-0.2, -0.15) is 13.2 Å². The molecular weight excluding hydrogens is 861 g/mol. The van der Waals surface area contributed by atoms with Crippen molar-refractivity contribution in [2.45, 2.75) is 141 Å². The van der Waals surface area contributed by atoms with Gasteiger partial charge in [-0.25, -0.2) is 18.2 Å². The highest BCUT2D eigenvalue weighted by Gasteiger charge is 2.45. The maximum atomic E-state index is 18.0. The number of rotatable bonds is 12. The monoisotopic (exact) mass is 923 g/mol. The van der Waals surface area contributed by atoms with Crippen LogP contribution in [0.1, 0.15) is 154 Å². The van der Waals surface area contributed by atoms with E-state index in [0.29, 0.717) is 93.9 Å². The zero-order chi connectivity index (χ0) is 47.0. The lowest BCUT2D eigenvalue weighted by Gasteiger charge is -2.45. The van der Waals surface area contributed by atoms with E-state index in [1.807, 2.05) is 50.5 Å². The van der Waals surface area contributed by atoms with E-state index in [4.69, 9.17) is 24.2 Å². The topological polar surface area (TPSA) is 88.5 Å². The second-order valence-electron chi connectivity index (χ2n) is 19.8. The van der Waals surface area contributed by atoms with Gasteiger partial charge in [-0.15, -0.1) is 0 Å². The second-order valence-corrected chi connectivity index (χ2v) is 19.8. The molecule has 2 aliphatic carbocycles. The predicted octanol–water partition coefficient (Wildman–Crippen LogP) is 11.3. The van der Waals surface area contributed by atoms with Gasteiger partial charge in [-0.1, -0.05) is 38.1 Å². The van der Waals surface area contributed by atoms with Crippen LogP contribution in [0.3, 0.4) is 0 Å². The first-order valence-electron chi connectivity index (χ1n) is 23.6. The molecular formula is C51H63F6N5O4. The number of allylic oxidation sites excluding steroid dienone is 1. The molecule has 0 amide bonds. The Morgan fingerprint density at radius 3 is 2.15 bits per heavy atom. The number of hydrogen-bond acceptors (Lipinski definition) is 9. The Labute approximate surface area is 384 Å². The van der Waals surface area contributed by atoms with Gasteiger partial charge in [0.15, 0.2) is 12.0 Å². The molecule has 2 aromatic carbocycles. The van der Waals surface area contributed by atoms with Gasteiger partial charge in [-0.05, 0) is 118 Å². The molecule has 0 radical (unpaired) electrons. The maximum Gasteiger partial charge on any atom is 0.416 e. The third-order valence-electron chi connectivity index (χ3n) is 14.6. The number of nitrogens with one attached hydrogen (secondary N) is 1. The summed E-state index contributed by atoms with van der Waals surface area (Å²) >= 11 is 0. The number of esters is 1. The van der Waals surface area contributed by atoms with E-state index in [9.17, 15) is 26.7 Å². The highest BCUT2D eigenvalue weighted by atomic mass is 19.4. The number of halogens is 6. The molecule has 4 heterocycles. The molecule has 3 atom stereocenters. The van der Waals surface area contributed by atoms with Crippen LogP contribution in [0.25, 0.3) is 0 Å². The fourth-order valence-corrected chi connectivity index (χ4v) is 10.8. The number of fused-ring (bicyclic) bond motifs is 1. The molecule has 3 aromatic rings. The summed E-state index contributed by atoms with van der Waals surface area (Å²) < 4.78 is 107. The SMILES string of the molecule is CCOC(=O)C1CCN(C2=CNC(C)(N3CCC(c4nc5c(c(C6CCC(F)(F)CC6)c4C(F)c4ccc(C(F)(F)F)cc4)C(OCc4ccc(OC)cc4)CC(C)(C)C5)CC3)N=C2)CC1. The smallest absolute Gasteiger partial charge is 0.416 e. The first-order valence-corrected chi connectivity index (χ1v) is 23.6. The van der Waals surface area contributed by atoms with Gasteiger partial charge in [0, 0.05) is 68.0 Å². The molecule has 9 nitrogen and oxygen atoms in total. The van der Waals surface area contributed by atoms with Gasteiger partial charge < -0.3 is 24.4 Å². The predicted molar refractivity (Wildman–Crippen MR) is 240 cm³/mol. The van der Waals surface area contributed by atoms with Crippen molar-refractivity contribution in [3.63, 3.8) is 0 Å². The number of piperidine rings is 2. The Kier molecular flexibility index (Phi) is 13.9. The molecule has 1 aromatic heterocycles. The molecule has 1 N–H and O–H groups in total. The Morgan fingerprint density at radius 2 is 1.56 bits per heavy atom. The zero-order valence-corrected chi connectivity index (χ0v) is 38.7. The van der Waals surface area contributed by atoms with Crippen molar-refractivity contribution in [1.29, 1.82) is 0 Å². The van der Waals surface area contributed by atoms with Crippen LogP contribution in [0.2, 0.25) is 0 Å². The van der Waals surface area contributed by atoms with Gasteiger partial charge >= 0.3 is 12.1 Å². The number of ether oxygens (including phenoxy) is 3. The number of methoxy groups -OCH3 is 1. The normalized spacial score (nSPS) is 24.6. The lowest BCUT2D eigenvalue weighted by Crippen LogP contribution is -2.57. The number of aliphatic imine (C=N–C) groups is 1. The summed E-state index contributed by atoms with van der Waals surface area (Å²) in [4.78, 5) is 27.2. The van der Waals surface area contributed by atoms with Crippen LogP contribution in [0.4, 0.5) is 26.3 Å². The van der Waals surface area contributed by atoms with E-state index in [0.717, 1.165) is 34.7 Å². The summed E-state index contributed by atoms with van der Waals surface area (Å²) in [5.41, 5.74) is 3.74. The molecule has 358 valence electrons. The molecule has 8 rings (SSSR count). The third-order valence-corrected chi connectivity index (χ3v) is 14.6. The number of alkyl halides is 6. The first-order chi connectivity index (χ1) is 31.4. The molecule has 1 saturated carbocycles. The average Bonchev–Trinajstić information content (AvgIpc) is 3.30. The van der Waals surface area contributed by atoms with Crippen molar-refractivity contribution in [3.8, 4) is 5.75 Å². The van der Waals surface area contributed by atoms with Crippen molar-refractivity contribution in [1.82, 2.24) is 20.1 Å². The lowest BCUT2D eigenvalue weighted by molar-refractivity contribution is -0.149. The van der Waals surface area contributed by atoms with Crippen molar-refractivity contribution in [2.75, 3.05) is 39.9 Å². The maximum absolute atomic E-state index is 18.0. The molecule has 5 aliphatic rings. The molecule has 0 spiro atoms. The number of carbonyl (C=O) groups is 1. The number of aromatic nitrogens is 1. The summed E-state index contributed by atoms with van der Waals surface area (Å²) in [5.74, 6) is -3.83. The van der Waals surface area contributed by atoms with Gasteiger partial charge in [0.1, 0.15) is 5.75 Å². The van der Waals surface area contributed by atoms with Crippen molar-refractivity contribution in [2.24, 2.45) is 16.3 Å². The quantitative estimate of drug-likeness (QED) is 0.142. The largest absolute Gasteiger partial charge is 0.497 e. The number of carbonyl (C=O) groups excluding carboxylic acids is 1. The van der Waals surface area contributed by atoms with Crippen LogP contribution >= 0.6 is 0 Å². The van der Waals surface area contributed by atoms with Crippen LogP contribution in [-0.2, 0) is 33.5 Å². The van der Waals surface area contributed by atoms with Crippen LogP contribution < -0.4 is 10.1 Å². The van der Waals surface area contributed by atoms with Crippen molar-refractivity contribution < 1.29 is 45.3 Å². The van der Waals surface area contributed by atoms with Crippen molar-refractivity contribution >= 4 is 12.2 Å². The standard InChI is InChI=1S/C51H63F6N5O4/c1-6-65-47(63)36-17-23-61(24-18-36)38-29-58-49(4,59-30-38)62-25-19-35(20-26-62)46-44(45(52)34-9-11-37(12-10-34)51(55,56)57)42(33-15-21-50(53,54)22-16-33)43-40(60-46)27-48(2,3)28-41(43)66-31-32-7-13-39(64-5)14-8-32/h7-14,29-30,33,35-36,41,45,58H,6,15-28,31H2,1-5H3. The van der Waals surface area contributed by atoms with Crippen LogP contribution in [-0.4, -0.2) is 78.6 Å². The summed E-state index contributed by atoms with van der Waals surface area (Å²) in [5, 5.41) is 3.53. The van der Waals surface area contributed by atoms with Gasteiger partial charge in [0.05, 0.1) is 55.5 Å². The fourth-order valence-electron chi connectivity index (χ4n) is 10.8. The van der Waals surface area contributed by atoms with Crippen molar-refractivity contribution in [3.05, 3.63) is 105 Å². The summed E-state index contributed by atoms with van der Waals surface area (Å²) in [6, 6.07) is 11.7. The molecule has 3 fully saturated rings.